The molecule has 0 aliphatic heterocycles. The molecule has 0 aromatic heterocycles. The molecule has 0 bridgehead atoms. The summed E-state index contributed by atoms with van der Waals surface area (Å²) in [5.41, 5.74) is 4.09. The largest absolute Gasteiger partial charge is 0.468 e. The molecule has 21 heavy (non-hydrogen) atoms. The number of anilines is 1. The Hall–Kier alpha value is -1.88. The number of carbonyl (C=O) groups is 2. The van der Waals surface area contributed by atoms with Crippen molar-refractivity contribution in [2.45, 2.75) is 27.7 Å². The van der Waals surface area contributed by atoms with Gasteiger partial charge in [0.2, 0.25) is 5.91 Å². The average molecular weight is 292 g/mol. The Kier molecular flexibility index (Phi) is 6.37. The molecule has 5 nitrogen and oxygen atoms in total. The van der Waals surface area contributed by atoms with Crippen LogP contribution in [-0.4, -0.2) is 43.5 Å². The van der Waals surface area contributed by atoms with E-state index in [1.54, 1.807) is 4.90 Å². The molecule has 1 amide bonds. The van der Waals surface area contributed by atoms with Crippen LogP contribution in [0.5, 0.6) is 0 Å². The Balaban J connectivity index is 2.71. The summed E-state index contributed by atoms with van der Waals surface area (Å²) in [4.78, 5) is 25.1. The zero-order chi connectivity index (χ0) is 16.0. The summed E-state index contributed by atoms with van der Waals surface area (Å²) in [6.45, 7) is 8.77. The van der Waals surface area contributed by atoms with Gasteiger partial charge in [-0.15, -0.1) is 0 Å². The summed E-state index contributed by atoms with van der Waals surface area (Å²) in [5.74, 6) is -0.469. The van der Waals surface area contributed by atoms with E-state index in [0.29, 0.717) is 6.54 Å². The van der Waals surface area contributed by atoms with Crippen molar-refractivity contribution in [2.75, 3.05) is 32.1 Å². The number of hydrogen-bond acceptors (Lipinski definition) is 4. The molecule has 0 spiro atoms. The SMILES string of the molecule is CCN(CC(=O)Nc1c(C)cc(C)cc1C)CC(=O)OC. The molecule has 0 aliphatic rings. The third-order valence-corrected chi connectivity index (χ3v) is 3.34. The average Bonchev–Trinajstić information content (AvgIpc) is 2.41. The first-order valence-electron chi connectivity index (χ1n) is 7.04. The molecule has 1 rings (SSSR count). The van der Waals surface area contributed by atoms with Crippen LogP contribution in [0.15, 0.2) is 12.1 Å². The van der Waals surface area contributed by atoms with E-state index >= 15 is 0 Å². The summed E-state index contributed by atoms with van der Waals surface area (Å²) in [6.07, 6.45) is 0. The Morgan fingerprint density at radius 3 is 2.19 bits per heavy atom. The third-order valence-electron chi connectivity index (χ3n) is 3.34. The second kappa shape index (κ2) is 7.78. The van der Waals surface area contributed by atoms with Gasteiger partial charge in [0, 0.05) is 5.69 Å². The molecule has 5 heteroatoms. The highest BCUT2D eigenvalue weighted by atomic mass is 16.5. The number of carbonyl (C=O) groups excluding carboxylic acids is 2. The van der Waals surface area contributed by atoms with Crippen molar-refractivity contribution < 1.29 is 14.3 Å². The van der Waals surface area contributed by atoms with Crippen LogP contribution in [0.25, 0.3) is 0 Å². The topological polar surface area (TPSA) is 58.6 Å². The van der Waals surface area contributed by atoms with Crippen molar-refractivity contribution in [2.24, 2.45) is 0 Å². The number of esters is 1. The number of benzene rings is 1. The van der Waals surface area contributed by atoms with Crippen LogP contribution in [0.2, 0.25) is 0 Å². The Bertz CT molecular complexity index is 503. The van der Waals surface area contributed by atoms with Gasteiger partial charge < -0.3 is 10.1 Å². The second-order valence-corrected chi connectivity index (χ2v) is 5.20. The maximum absolute atomic E-state index is 12.1. The molecule has 0 aliphatic carbocycles. The standard InChI is InChI=1S/C16H24N2O3/c1-6-18(10-15(20)21-5)9-14(19)17-16-12(3)7-11(2)8-13(16)4/h7-8H,6,9-10H2,1-5H3,(H,17,19). The van der Waals surface area contributed by atoms with Gasteiger partial charge in [0.05, 0.1) is 20.2 Å². The monoisotopic (exact) mass is 292 g/mol. The van der Waals surface area contributed by atoms with Crippen LogP contribution in [0.1, 0.15) is 23.6 Å². The molecule has 1 N–H and O–H groups in total. The fourth-order valence-electron chi connectivity index (χ4n) is 2.29. The maximum Gasteiger partial charge on any atom is 0.319 e. The molecule has 0 heterocycles. The number of nitrogens with zero attached hydrogens (tertiary/aromatic N) is 1. The normalized spacial score (nSPS) is 10.6. The van der Waals surface area contributed by atoms with Gasteiger partial charge in [-0.2, -0.15) is 0 Å². The number of amides is 1. The Morgan fingerprint density at radius 2 is 1.71 bits per heavy atom. The van der Waals surface area contributed by atoms with Gasteiger partial charge in [0.1, 0.15) is 0 Å². The first-order valence-corrected chi connectivity index (χ1v) is 7.04. The number of nitrogens with one attached hydrogen (secondary N) is 1. The first kappa shape index (κ1) is 17.2. The molecule has 0 saturated heterocycles. The van der Waals surface area contributed by atoms with E-state index in [4.69, 9.17) is 0 Å². The lowest BCUT2D eigenvalue weighted by Crippen LogP contribution is -2.37. The first-order chi connectivity index (χ1) is 9.87. The smallest absolute Gasteiger partial charge is 0.319 e. The van der Waals surface area contributed by atoms with Gasteiger partial charge in [-0.1, -0.05) is 24.6 Å². The predicted octanol–water partition coefficient (Wildman–Crippen LogP) is 2.05. The lowest BCUT2D eigenvalue weighted by molar-refractivity contribution is -0.142. The highest BCUT2D eigenvalue weighted by Gasteiger charge is 2.14. The second-order valence-electron chi connectivity index (χ2n) is 5.20. The van der Waals surface area contributed by atoms with E-state index in [1.807, 2.05) is 39.8 Å². The fourth-order valence-corrected chi connectivity index (χ4v) is 2.29. The van der Waals surface area contributed by atoms with E-state index in [2.05, 4.69) is 10.1 Å². The highest BCUT2D eigenvalue weighted by Crippen LogP contribution is 2.21. The van der Waals surface area contributed by atoms with Gasteiger partial charge in [0.15, 0.2) is 0 Å². The van der Waals surface area contributed by atoms with Crippen LogP contribution >= 0.6 is 0 Å². The summed E-state index contributed by atoms with van der Waals surface area (Å²) >= 11 is 0. The molecule has 0 fully saturated rings. The predicted molar refractivity (Wildman–Crippen MR) is 83.4 cm³/mol. The molecule has 0 atom stereocenters. The third kappa shape index (κ3) is 5.19. The number of methoxy groups -OCH3 is 1. The van der Waals surface area contributed by atoms with Crippen LogP contribution in [0.3, 0.4) is 0 Å². The van der Waals surface area contributed by atoms with Crippen molar-refractivity contribution >= 4 is 17.6 Å². The number of rotatable bonds is 6. The Morgan fingerprint density at radius 1 is 1.14 bits per heavy atom. The van der Waals surface area contributed by atoms with Gasteiger partial charge >= 0.3 is 5.97 Å². The van der Waals surface area contributed by atoms with Gasteiger partial charge in [-0.25, -0.2) is 0 Å². The minimum atomic E-state index is -0.340. The fraction of sp³-hybridized carbons (Fsp3) is 0.500. The molecular weight excluding hydrogens is 268 g/mol. The summed E-state index contributed by atoms with van der Waals surface area (Å²) in [7, 11) is 1.34. The summed E-state index contributed by atoms with van der Waals surface area (Å²) in [5, 5.41) is 2.93. The van der Waals surface area contributed by atoms with Crippen LogP contribution in [0.4, 0.5) is 5.69 Å². The van der Waals surface area contributed by atoms with E-state index in [1.165, 1.54) is 12.7 Å². The van der Waals surface area contributed by atoms with Crippen molar-refractivity contribution in [3.8, 4) is 0 Å². The van der Waals surface area contributed by atoms with E-state index in [-0.39, 0.29) is 25.0 Å². The molecule has 116 valence electrons. The molecule has 0 radical (unpaired) electrons. The lowest BCUT2D eigenvalue weighted by Gasteiger charge is -2.19. The van der Waals surface area contributed by atoms with Gasteiger partial charge in [-0.05, 0) is 38.4 Å². The molecule has 1 aromatic carbocycles. The minimum Gasteiger partial charge on any atom is -0.468 e. The molecular formula is C16H24N2O3. The number of ether oxygens (including phenoxy) is 1. The number of hydrogen-bond donors (Lipinski definition) is 1. The maximum atomic E-state index is 12.1. The van der Waals surface area contributed by atoms with Crippen molar-refractivity contribution in [1.29, 1.82) is 0 Å². The zero-order valence-corrected chi connectivity index (χ0v) is 13.4. The minimum absolute atomic E-state index is 0.117. The van der Waals surface area contributed by atoms with Crippen LogP contribution < -0.4 is 5.32 Å². The highest BCUT2D eigenvalue weighted by molar-refractivity contribution is 5.94. The van der Waals surface area contributed by atoms with Crippen molar-refractivity contribution in [3.05, 3.63) is 28.8 Å². The zero-order valence-electron chi connectivity index (χ0n) is 13.4. The van der Waals surface area contributed by atoms with E-state index in [0.717, 1.165) is 16.8 Å². The number of aryl methyl sites for hydroxylation is 3. The lowest BCUT2D eigenvalue weighted by atomic mass is 10.1. The molecule has 0 unspecified atom stereocenters. The molecule has 1 aromatic rings. The van der Waals surface area contributed by atoms with Crippen LogP contribution in [0, 0.1) is 20.8 Å². The summed E-state index contributed by atoms with van der Waals surface area (Å²) in [6, 6.07) is 4.07. The Labute approximate surface area is 126 Å². The van der Waals surface area contributed by atoms with Gasteiger partial charge in [0.25, 0.3) is 0 Å². The van der Waals surface area contributed by atoms with Crippen LogP contribution in [-0.2, 0) is 14.3 Å². The number of likely N-dealkylation sites (N-methyl/N-ethyl adjacent to an activating group) is 1. The van der Waals surface area contributed by atoms with Gasteiger partial charge in [-0.3, -0.25) is 14.5 Å². The quantitative estimate of drug-likeness (QED) is 0.815. The van der Waals surface area contributed by atoms with Crippen molar-refractivity contribution in [3.63, 3.8) is 0 Å². The van der Waals surface area contributed by atoms with Crippen molar-refractivity contribution in [1.82, 2.24) is 4.90 Å². The van der Waals surface area contributed by atoms with E-state index in [9.17, 15) is 9.59 Å². The molecule has 0 saturated carbocycles. The summed E-state index contributed by atoms with van der Waals surface area (Å²) < 4.78 is 4.62. The van der Waals surface area contributed by atoms with E-state index < -0.39 is 0 Å².